The molecule has 2 rings (SSSR count). The molecule has 0 saturated carbocycles. The number of hydrogen-bond acceptors (Lipinski definition) is 4. The molecule has 0 bridgehead atoms. The normalized spacial score (nSPS) is 10.2. The molecule has 0 amide bonds. The highest BCUT2D eigenvalue weighted by molar-refractivity contribution is 9.11. The molecule has 17 heavy (non-hydrogen) atoms. The number of nitrogens with one attached hydrogen (secondary N) is 2. The molecule has 0 fully saturated rings. The Morgan fingerprint density at radius 2 is 2.00 bits per heavy atom. The van der Waals surface area contributed by atoms with Crippen LogP contribution in [0.15, 0.2) is 34.4 Å². The molecule has 3 nitrogen and oxygen atoms in total. The molecule has 0 unspecified atom stereocenters. The summed E-state index contributed by atoms with van der Waals surface area (Å²) < 4.78 is 1.16. The Labute approximate surface area is 113 Å². The fourth-order valence-corrected chi connectivity index (χ4v) is 2.90. The summed E-state index contributed by atoms with van der Waals surface area (Å²) in [6.07, 6.45) is 3.67. The van der Waals surface area contributed by atoms with Crippen LogP contribution in [0.3, 0.4) is 0 Å². The van der Waals surface area contributed by atoms with E-state index in [0.29, 0.717) is 0 Å². The summed E-state index contributed by atoms with van der Waals surface area (Å²) in [5, 5.41) is 6.60. The molecule has 0 aromatic carbocycles. The van der Waals surface area contributed by atoms with Crippen molar-refractivity contribution >= 4 is 38.6 Å². The average molecular weight is 312 g/mol. The number of halogens is 1. The Hall–Kier alpha value is -1.07. The van der Waals surface area contributed by atoms with Gasteiger partial charge in [0.15, 0.2) is 0 Å². The van der Waals surface area contributed by atoms with Crippen molar-refractivity contribution in [1.82, 2.24) is 4.98 Å². The van der Waals surface area contributed by atoms with Crippen molar-refractivity contribution in [3.8, 4) is 0 Å². The first-order chi connectivity index (χ1) is 8.28. The van der Waals surface area contributed by atoms with Crippen LogP contribution < -0.4 is 10.6 Å². The first-order valence-electron chi connectivity index (χ1n) is 5.45. The van der Waals surface area contributed by atoms with Crippen molar-refractivity contribution in [2.24, 2.45) is 0 Å². The number of anilines is 2. The van der Waals surface area contributed by atoms with Gasteiger partial charge in [-0.1, -0.05) is 0 Å². The van der Waals surface area contributed by atoms with Crippen molar-refractivity contribution in [2.45, 2.75) is 13.5 Å². The molecular formula is C12H14BrN3S. The number of pyridine rings is 1. The number of nitrogens with zero attached hydrogens (tertiary/aromatic N) is 1. The molecule has 0 atom stereocenters. The van der Waals surface area contributed by atoms with Gasteiger partial charge in [-0.2, -0.15) is 0 Å². The molecule has 2 aromatic heterocycles. The number of hydrogen-bond donors (Lipinski definition) is 2. The summed E-state index contributed by atoms with van der Waals surface area (Å²) in [6.45, 7) is 3.81. The third-order valence-electron chi connectivity index (χ3n) is 2.21. The molecule has 0 aliphatic rings. The second-order valence-electron chi connectivity index (χ2n) is 3.55. The van der Waals surface area contributed by atoms with E-state index >= 15 is 0 Å². The van der Waals surface area contributed by atoms with Gasteiger partial charge in [-0.05, 0) is 41.1 Å². The summed E-state index contributed by atoms with van der Waals surface area (Å²) in [5.41, 5.74) is 2.08. The lowest BCUT2D eigenvalue weighted by Gasteiger charge is -2.07. The highest BCUT2D eigenvalue weighted by Gasteiger charge is 1.99. The van der Waals surface area contributed by atoms with E-state index in [1.807, 2.05) is 12.4 Å². The van der Waals surface area contributed by atoms with E-state index in [4.69, 9.17) is 0 Å². The maximum atomic E-state index is 4.19. The molecule has 2 aromatic rings. The van der Waals surface area contributed by atoms with E-state index in [2.05, 4.69) is 56.7 Å². The average Bonchev–Trinajstić information content (AvgIpc) is 2.74. The van der Waals surface area contributed by atoms with Crippen LogP contribution in [0.5, 0.6) is 0 Å². The molecule has 2 N–H and O–H groups in total. The number of thiophene rings is 1. The molecule has 0 saturated heterocycles. The zero-order valence-electron chi connectivity index (χ0n) is 9.53. The quantitative estimate of drug-likeness (QED) is 0.878. The predicted octanol–water partition coefficient (Wildman–Crippen LogP) is 3.95. The molecule has 0 spiro atoms. The second-order valence-corrected chi connectivity index (χ2v) is 6.10. The first kappa shape index (κ1) is 12.4. The van der Waals surface area contributed by atoms with Crippen molar-refractivity contribution in [3.63, 3.8) is 0 Å². The smallest absolute Gasteiger partial charge is 0.0702 e. The van der Waals surface area contributed by atoms with Gasteiger partial charge in [0.25, 0.3) is 0 Å². The summed E-state index contributed by atoms with van der Waals surface area (Å²) in [7, 11) is 0. The van der Waals surface area contributed by atoms with Gasteiger partial charge < -0.3 is 10.6 Å². The highest BCUT2D eigenvalue weighted by Crippen LogP contribution is 2.23. The molecular weight excluding hydrogens is 298 g/mol. The van der Waals surface area contributed by atoms with E-state index < -0.39 is 0 Å². The van der Waals surface area contributed by atoms with E-state index in [1.54, 1.807) is 11.3 Å². The zero-order chi connectivity index (χ0) is 12.1. The summed E-state index contributed by atoms with van der Waals surface area (Å²) in [5.74, 6) is 0. The maximum Gasteiger partial charge on any atom is 0.0702 e. The fourth-order valence-electron chi connectivity index (χ4n) is 1.47. The molecule has 0 aliphatic heterocycles. The number of aromatic nitrogens is 1. The van der Waals surface area contributed by atoms with E-state index in [-0.39, 0.29) is 0 Å². The van der Waals surface area contributed by atoms with Crippen LogP contribution in [0.1, 0.15) is 11.8 Å². The Morgan fingerprint density at radius 1 is 1.24 bits per heavy atom. The monoisotopic (exact) mass is 311 g/mol. The minimum atomic E-state index is 0.827. The minimum Gasteiger partial charge on any atom is -0.384 e. The van der Waals surface area contributed by atoms with Crippen LogP contribution in [0, 0.1) is 0 Å². The predicted molar refractivity (Wildman–Crippen MR) is 77.7 cm³/mol. The molecule has 2 heterocycles. The van der Waals surface area contributed by atoms with Gasteiger partial charge >= 0.3 is 0 Å². The lowest BCUT2D eigenvalue weighted by molar-refractivity contribution is 1.16. The van der Waals surface area contributed by atoms with Crippen LogP contribution in [-0.2, 0) is 6.54 Å². The van der Waals surface area contributed by atoms with Crippen LogP contribution >= 0.6 is 27.3 Å². The second kappa shape index (κ2) is 6.02. The van der Waals surface area contributed by atoms with Gasteiger partial charge in [0.05, 0.1) is 27.6 Å². The van der Waals surface area contributed by atoms with Crippen LogP contribution in [0.25, 0.3) is 0 Å². The van der Waals surface area contributed by atoms with E-state index in [1.165, 1.54) is 4.88 Å². The lowest BCUT2D eigenvalue weighted by Crippen LogP contribution is -2.01. The SMILES string of the molecule is CCNc1cncc(NCc2ccc(Br)s2)c1. The first-order valence-corrected chi connectivity index (χ1v) is 7.06. The third kappa shape index (κ3) is 3.71. The fraction of sp³-hybridized carbons (Fsp3) is 0.250. The molecule has 0 aliphatic carbocycles. The summed E-state index contributed by atoms with van der Waals surface area (Å²) in [6, 6.07) is 6.25. The molecule has 5 heteroatoms. The van der Waals surface area contributed by atoms with Crippen molar-refractivity contribution in [3.05, 3.63) is 39.3 Å². The zero-order valence-corrected chi connectivity index (χ0v) is 11.9. The summed E-state index contributed by atoms with van der Waals surface area (Å²) >= 11 is 5.20. The molecule has 90 valence electrons. The van der Waals surface area contributed by atoms with Gasteiger partial charge in [-0.15, -0.1) is 11.3 Å². The Bertz CT molecular complexity index is 484. The Morgan fingerprint density at radius 3 is 2.65 bits per heavy atom. The van der Waals surface area contributed by atoms with Gasteiger partial charge in [0, 0.05) is 18.0 Å². The van der Waals surface area contributed by atoms with Crippen LogP contribution in [0.4, 0.5) is 11.4 Å². The van der Waals surface area contributed by atoms with Crippen molar-refractivity contribution in [1.29, 1.82) is 0 Å². The van der Waals surface area contributed by atoms with Gasteiger partial charge in [0.1, 0.15) is 0 Å². The van der Waals surface area contributed by atoms with Crippen molar-refractivity contribution in [2.75, 3.05) is 17.2 Å². The largest absolute Gasteiger partial charge is 0.384 e. The van der Waals surface area contributed by atoms with Gasteiger partial charge in [-0.25, -0.2) is 0 Å². The Kier molecular flexibility index (Phi) is 4.39. The van der Waals surface area contributed by atoms with Gasteiger partial charge in [-0.3, -0.25) is 4.98 Å². The topological polar surface area (TPSA) is 37.0 Å². The third-order valence-corrected chi connectivity index (χ3v) is 3.84. The standard InChI is InChI=1S/C12H14BrN3S/c1-2-15-9-5-10(7-14-6-9)16-8-11-3-4-12(13)17-11/h3-7,15-16H,2,8H2,1H3. The van der Waals surface area contributed by atoms with E-state index in [9.17, 15) is 0 Å². The maximum absolute atomic E-state index is 4.19. The van der Waals surface area contributed by atoms with Crippen LogP contribution in [0.2, 0.25) is 0 Å². The van der Waals surface area contributed by atoms with Crippen molar-refractivity contribution < 1.29 is 0 Å². The van der Waals surface area contributed by atoms with Crippen LogP contribution in [-0.4, -0.2) is 11.5 Å². The van der Waals surface area contributed by atoms with E-state index in [0.717, 1.165) is 28.3 Å². The minimum absolute atomic E-state index is 0.827. The lowest BCUT2D eigenvalue weighted by atomic mass is 10.3. The molecule has 0 radical (unpaired) electrons. The highest BCUT2D eigenvalue weighted by atomic mass is 79.9. The number of rotatable bonds is 5. The summed E-state index contributed by atoms with van der Waals surface area (Å²) in [4.78, 5) is 5.49. The Balaban J connectivity index is 1.96. The van der Waals surface area contributed by atoms with Gasteiger partial charge in [0.2, 0.25) is 0 Å².